The third kappa shape index (κ3) is 2.63. The van der Waals surface area contributed by atoms with Gasteiger partial charge in [-0.25, -0.2) is 0 Å². The van der Waals surface area contributed by atoms with Crippen molar-refractivity contribution in [1.82, 2.24) is 5.32 Å². The second-order valence-corrected chi connectivity index (χ2v) is 5.15. The molecule has 1 unspecified atom stereocenters. The third-order valence-corrected chi connectivity index (χ3v) is 3.61. The highest BCUT2D eigenvalue weighted by molar-refractivity contribution is 7.81. The van der Waals surface area contributed by atoms with Crippen molar-refractivity contribution in [2.45, 2.75) is 50.8 Å². The summed E-state index contributed by atoms with van der Waals surface area (Å²) in [7, 11) is 0. The fourth-order valence-corrected chi connectivity index (χ4v) is 1.57. The predicted octanol–water partition coefficient (Wildman–Crippen LogP) is 2.00. The van der Waals surface area contributed by atoms with E-state index in [0.717, 1.165) is 12.8 Å². The van der Waals surface area contributed by atoms with E-state index in [-0.39, 0.29) is 16.7 Å². The molecule has 0 saturated heterocycles. The van der Waals surface area contributed by atoms with Gasteiger partial charge in [-0.05, 0) is 32.1 Å². The molecule has 0 radical (unpaired) electrons. The summed E-state index contributed by atoms with van der Waals surface area (Å²) in [4.78, 5) is 11.6. The van der Waals surface area contributed by atoms with E-state index < -0.39 is 0 Å². The molecule has 1 amide bonds. The van der Waals surface area contributed by atoms with E-state index in [0.29, 0.717) is 5.92 Å². The second-order valence-electron chi connectivity index (χ2n) is 4.59. The van der Waals surface area contributed by atoms with Crippen LogP contribution in [0.25, 0.3) is 0 Å². The molecule has 0 bridgehead atoms. The van der Waals surface area contributed by atoms with Crippen LogP contribution in [0.2, 0.25) is 0 Å². The van der Waals surface area contributed by atoms with Crippen molar-refractivity contribution < 1.29 is 4.79 Å². The first-order chi connectivity index (χ1) is 5.94. The van der Waals surface area contributed by atoms with Gasteiger partial charge in [0.15, 0.2) is 0 Å². The summed E-state index contributed by atoms with van der Waals surface area (Å²) in [6.07, 6.45) is 3.45. The normalized spacial score (nSPS) is 22.2. The van der Waals surface area contributed by atoms with Gasteiger partial charge in [-0.2, -0.15) is 12.6 Å². The Morgan fingerprint density at radius 2 is 2.00 bits per heavy atom. The Labute approximate surface area is 85.9 Å². The molecule has 13 heavy (non-hydrogen) atoms. The summed E-state index contributed by atoms with van der Waals surface area (Å²) in [6.45, 7) is 6.13. The molecule has 2 nitrogen and oxygen atoms in total. The van der Waals surface area contributed by atoms with Crippen molar-refractivity contribution in [2.24, 2.45) is 5.92 Å². The number of thiol groups is 1. The van der Waals surface area contributed by atoms with E-state index in [2.05, 4.69) is 24.9 Å². The van der Waals surface area contributed by atoms with Crippen molar-refractivity contribution in [2.75, 3.05) is 0 Å². The summed E-state index contributed by atoms with van der Waals surface area (Å²) in [5.41, 5.74) is 0.0625. The molecule has 0 heterocycles. The lowest BCUT2D eigenvalue weighted by atomic mass is 9.78. The Balaban J connectivity index is 2.40. The number of nitrogens with one attached hydrogen (secondary N) is 1. The molecule has 76 valence electrons. The van der Waals surface area contributed by atoms with Crippen LogP contribution < -0.4 is 5.32 Å². The molecule has 1 aliphatic carbocycles. The molecule has 1 rings (SSSR count). The summed E-state index contributed by atoms with van der Waals surface area (Å²) >= 11 is 4.28. The Morgan fingerprint density at radius 1 is 1.46 bits per heavy atom. The van der Waals surface area contributed by atoms with E-state index in [4.69, 9.17) is 0 Å². The zero-order valence-electron chi connectivity index (χ0n) is 8.63. The highest BCUT2D eigenvalue weighted by Crippen LogP contribution is 2.31. The van der Waals surface area contributed by atoms with Gasteiger partial charge in [0.2, 0.25) is 5.91 Å². The SMILES string of the molecule is CC(C)C(S)C(=O)NC1(C)CCC1. The molecule has 1 saturated carbocycles. The van der Waals surface area contributed by atoms with Crippen molar-refractivity contribution in [3.8, 4) is 0 Å². The van der Waals surface area contributed by atoms with E-state index in [1.165, 1.54) is 6.42 Å². The maximum Gasteiger partial charge on any atom is 0.233 e. The van der Waals surface area contributed by atoms with Gasteiger partial charge in [0.05, 0.1) is 5.25 Å². The number of rotatable bonds is 3. The third-order valence-electron chi connectivity index (χ3n) is 2.78. The number of carbonyl (C=O) groups excluding carboxylic acids is 1. The maximum absolute atomic E-state index is 11.6. The van der Waals surface area contributed by atoms with Gasteiger partial charge in [0.1, 0.15) is 0 Å². The molecule has 1 atom stereocenters. The number of carbonyl (C=O) groups is 1. The molecule has 0 aromatic heterocycles. The predicted molar refractivity (Wildman–Crippen MR) is 58.0 cm³/mol. The Bertz CT molecular complexity index is 199. The fraction of sp³-hybridized carbons (Fsp3) is 0.900. The molecule has 1 fully saturated rings. The smallest absolute Gasteiger partial charge is 0.233 e. The maximum atomic E-state index is 11.6. The lowest BCUT2D eigenvalue weighted by molar-refractivity contribution is -0.123. The van der Waals surface area contributed by atoms with Crippen LogP contribution >= 0.6 is 12.6 Å². The van der Waals surface area contributed by atoms with Gasteiger partial charge in [-0.3, -0.25) is 4.79 Å². The molecule has 1 N–H and O–H groups in total. The molecule has 1 aliphatic rings. The summed E-state index contributed by atoms with van der Waals surface area (Å²) in [5.74, 6) is 0.382. The quantitative estimate of drug-likeness (QED) is 0.672. The molecular weight excluding hydrogens is 182 g/mol. The molecule has 0 aromatic carbocycles. The van der Waals surface area contributed by atoms with Crippen LogP contribution in [0.3, 0.4) is 0 Å². The van der Waals surface area contributed by atoms with Crippen molar-refractivity contribution in [3.63, 3.8) is 0 Å². The van der Waals surface area contributed by atoms with Crippen molar-refractivity contribution in [1.29, 1.82) is 0 Å². The minimum absolute atomic E-state index is 0.0625. The minimum Gasteiger partial charge on any atom is -0.350 e. The fourth-order valence-electron chi connectivity index (χ4n) is 1.51. The van der Waals surface area contributed by atoms with Crippen LogP contribution in [-0.2, 0) is 4.79 Å². The Hall–Kier alpha value is -0.180. The summed E-state index contributed by atoms with van der Waals surface area (Å²) in [5, 5.41) is 2.89. The average molecular weight is 201 g/mol. The average Bonchev–Trinajstić information content (AvgIpc) is 1.99. The first-order valence-electron chi connectivity index (χ1n) is 4.95. The van der Waals surface area contributed by atoms with E-state index in [1.54, 1.807) is 0 Å². The van der Waals surface area contributed by atoms with Crippen LogP contribution in [0.5, 0.6) is 0 Å². The summed E-state index contributed by atoms with van der Waals surface area (Å²) in [6, 6.07) is 0. The zero-order chi connectivity index (χ0) is 10.1. The minimum atomic E-state index is -0.169. The highest BCUT2D eigenvalue weighted by Gasteiger charge is 2.34. The van der Waals surface area contributed by atoms with Gasteiger partial charge < -0.3 is 5.32 Å². The van der Waals surface area contributed by atoms with E-state index in [1.807, 2.05) is 13.8 Å². The zero-order valence-corrected chi connectivity index (χ0v) is 9.53. The van der Waals surface area contributed by atoms with E-state index in [9.17, 15) is 4.79 Å². The number of amides is 1. The second kappa shape index (κ2) is 3.91. The van der Waals surface area contributed by atoms with Gasteiger partial charge in [0, 0.05) is 5.54 Å². The number of hydrogen-bond donors (Lipinski definition) is 2. The molecule has 0 aliphatic heterocycles. The lowest BCUT2D eigenvalue weighted by Crippen LogP contribution is -2.53. The van der Waals surface area contributed by atoms with Gasteiger partial charge in [-0.1, -0.05) is 13.8 Å². The largest absolute Gasteiger partial charge is 0.350 e. The van der Waals surface area contributed by atoms with Gasteiger partial charge in [0.25, 0.3) is 0 Å². The van der Waals surface area contributed by atoms with Gasteiger partial charge in [-0.15, -0.1) is 0 Å². The number of hydrogen-bond acceptors (Lipinski definition) is 2. The first kappa shape index (κ1) is 10.9. The van der Waals surface area contributed by atoms with Gasteiger partial charge >= 0.3 is 0 Å². The van der Waals surface area contributed by atoms with Crippen LogP contribution in [-0.4, -0.2) is 16.7 Å². The van der Waals surface area contributed by atoms with Crippen LogP contribution in [0.15, 0.2) is 0 Å². The first-order valence-corrected chi connectivity index (χ1v) is 5.46. The summed E-state index contributed by atoms with van der Waals surface area (Å²) < 4.78 is 0. The molecular formula is C10H19NOS. The van der Waals surface area contributed by atoms with Crippen LogP contribution in [0.4, 0.5) is 0 Å². The Morgan fingerprint density at radius 3 is 2.31 bits per heavy atom. The van der Waals surface area contributed by atoms with Crippen LogP contribution in [0.1, 0.15) is 40.0 Å². The monoisotopic (exact) mass is 201 g/mol. The molecule has 0 spiro atoms. The topological polar surface area (TPSA) is 29.1 Å². The van der Waals surface area contributed by atoms with Crippen molar-refractivity contribution in [3.05, 3.63) is 0 Å². The highest BCUT2D eigenvalue weighted by atomic mass is 32.1. The van der Waals surface area contributed by atoms with Crippen molar-refractivity contribution >= 4 is 18.5 Å². The standard InChI is InChI=1S/C10H19NOS/c1-7(2)8(13)9(12)11-10(3)5-4-6-10/h7-8,13H,4-6H2,1-3H3,(H,11,12). The molecule has 3 heteroatoms. The molecule has 0 aromatic rings. The van der Waals surface area contributed by atoms with Crippen LogP contribution in [0, 0.1) is 5.92 Å². The lowest BCUT2D eigenvalue weighted by Gasteiger charge is -2.40. The Kier molecular flexibility index (Phi) is 3.28. The van der Waals surface area contributed by atoms with E-state index >= 15 is 0 Å².